The molecule has 96 valence electrons. The molecule has 0 spiro atoms. The quantitative estimate of drug-likeness (QED) is 0.359. The molecule has 2 atom stereocenters. The molecule has 1 aromatic carbocycles. The molecule has 0 fully saturated rings. The van der Waals surface area contributed by atoms with Gasteiger partial charge in [0, 0.05) is 6.07 Å². The Balaban J connectivity index is 3.19. The van der Waals surface area contributed by atoms with Crippen LogP contribution in [0, 0.1) is 10.1 Å². The molecule has 0 saturated carbocycles. The van der Waals surface area contributed by atoms with E-state index < -0.39 is 28.7 Å². The van der Waals surface area contributed by atoms with Crippen molar-refractivity contribution in [1.82, 2.24) is 0 Å². The standard InChI is InChI=1S/C10H10N2O6/c11-10(16)9(15)8(14)5-1-2-6(4-13)7(3-5)12(17)18/h1-4,8-9,14-15H,(H2,11,16). The van der Waals surface area contributed by atoms with E-state index in [1.807, 2.05) is 0 Å². The summed E-state index contributed by atoms with van der Waals surface area (Å²) in [6, 6.07) is 3.20. The minimum atomic E-state index is -1.88. The van der Waals surface area contributed by atoms with Crippen molar-refractivity contribution in [2.75, 3.05) is 0 Å². The average Bonchev–Trinajstić information content (AvgIpc) is 2.35. The van der Waals surface area contributed by atoms with Gasteiger partial charge in [0.25, 0.3) is 5.69 Å². The first-order valence-electron chi connectivity index (χ1n) is 4.77. The monoisotopic (exact) mass is 254 g/mol. The lowest BCUT2D eigenvalue weighted by Gasteiger charge is -2.15. The molecule has 2 unspecified atom stereocenters. The number of hydrogen-bond acceptors (Lipinski definition) is 6. The summed E-state index contributed by atoms with van der Waals surface area (Å²) in [6.45, 7) is 0. The Hall–Kier alpha value is -2.32. The summed E-state index contributed by atoms with van der Waals surface area (Å²) < 4.78 is 0. The molecule has 0 radical (unpaired) electrons. The molecule has 8 heteroatoms. The van der Waals surface area contributed by atoms with Crippen molar-refractivity contribution >= 4 is 17.9 Å². The Morgan fingerprint density at radius 3 is 2.50 bits per heavy atom. The van der Waals surface area contributed by atoms with Crippen molar-refractivity contribution in [3.05, 3.63) is 39.4 Å². The van der Waals surface area contributed by atoms with Crippen molar-refractivity contribution in [1.29, 1.82) is 0 Å². The highest BCUT2D eigenvalue weighted by Gasteiger charge is 2.25. The van der Waals surface area contributed by atoms with Crippen LogP contribution in [0.1, 0.15) is 22.0 Å². The van der Waals surface area contributed by atoms with Gasteiger partial charge < -0.3 is 15.9 Å². The largest absolute Gasteiger partial charge is 0.385 e. The van der Waals surface area contributed by atoms with Crippen LogP contribution >= 0.6 is 0 Å². The lowest BCUT2D eigenvalue weighted by Crippen LogP contribution is -2.33. The summed E-state index contributed by atoms with van der Waals surface area (Å²) in [5.74, 6) is -1.16. The van der Waals surface area contributed by atoms with Gasteiger partial charge in [-0.05, 0) is 11.6 Å². The Morgan fingerprint density at radius 2 is 2.06 bits per heavy atom. The van der Waals surface area contributed by atoms with Gasteiger partial charge in [0.1, 0.15) is 6.10 Å². The molecule has 1 amide bonds. The summed E-state index contributed by atoms with van der Waals surface area (Å²) in [5.41, 5.74) is 4.00. The molecule has 4 N–H and O–H groups in total. The van der Waals surface area contributed by atoms with Gasteiger partial charge in [0.15, 0.2) is 12.4 Å². The minimum absolute atomic E-state index is 0.0846. The van der Waals surface area contributed by atoms with E-state index in [9.17, 15) is 29.9 Å². The van der Waals surface area contributed by atoms with Crippen molar-refractivity contribution in [3.8, 4) is 0 Å². The van der Waals surface area contributed by atoms with E-state index in [4.69, 9.17) is 5.73 Å². The topological polar surface area (TPSA) is 144 Å². The molecule has 0 aliphatic heterocycles. The van der Waals surface area contributed by atoms with Gasteiger partial charge in [-0.25, -0.2) is 0 Å². The highest BCUT2D eigenvalue weighted by Crippen LogP contribution is 2.24. The van der Waals surface area contributed by atoms with E-state index >= 15 is 0 Å². The number of aliphatic hydroxyl groups excluding tert-OH is 2. The Labute approximate surface area is 101 Å². The lowest BCUT2D eigenvalue weighted by atomic mass is 10.0. The van der Waals surface area contributed by atoms with E-state index in [-0.39, 0.29) is 11.1 Å². The fourth-order valence-electron chi connectivity index (χ4n) is 1.34. The van der Waals surface area contributed by atoms with Crippen LogP contribution in [0.4, 0.5) is 5.69 Å². The number of primary amides is 1. The van der Waals surface area contributed by atoms with Crippen molar-refractivity contribution in [3.63, 3.8) is 0 Å². The molecule has 18 heavy (non-hydrogen) atoms. The number of nitro benzene ring substituents is 1. The van der Waals surface area contributed by atoms with Gasteiger partial charge in [0.2, 0.25) is 5.91 Å². The Morgan fingerprint density at radius 1 is 1.44 bits per heavy atom. The SMILES string of the molecule is NC(=O)C(O)C(O)c1ccc(C=O)c([N+](=O)[O-])c1. The zero-order valence-corrected chi connectivity index (χ0v) is 9.02. The molecule has 8 nitrogen and oxygen atoms in total. The van der Waals surface area contributed by atoms with Crippen LogP contribution < -0.4 is 5.73 Å². The van der Waals surface area contributed by atoms with Gasteiger partial charge in [0.05, 0.1) is 10.5 Å². The summed E-state index contributed by atoms with van der Waals surface area (Å²) in [6.07, 6.45) is -3.28. The second-order valence-corrected chi connectivity index (χ2v) is 3.49. The molecule has 1 rings (SSSR count). The highest BCUT2D eigenvalue weighted by atomic mass is 16.6. The number of aldehydes is 1. The molecular weight excluding hydrogens is 244 g/mol. The number of carbonyl (C=O) groups is 2. The molecule has 0 bridgehead atoms. The van der Waals surface area contributed by atoms with E-state index in [2.05, 4.69) is 0 Å². The maximum Gasteiger partial charge on any atom is 0.280 e. The number of carbonyl (C=O) groups excluding carboxylic acids is 2. The first-order valence-corrected chi connectivity index (χ1v) is 4.77. The van der Waals surface area contributed by atoms with E-state index in [1.54, 1.807) is 0 Å². The van der Waals surface area contributed by atoms with E-state index in [1.165, 1.54) is 6.07 Å². The fourth-order valence-corrected chi connectivity index (χ4v) is 1.34. The molecule has 0 saturated heterocycles. The number of nitrogens with zero attached hydrogens (tertiary/aromatic N) is 1. The number of rotatable bonds is 5. The smallest absolute Gasteiger partial charge is 0.280 e. The summed E-state index contributed by atoms with van der Waals surface area (Å²) in [4.78, 5) is 31.1. The predicted molar refractivity (Wildman–Crippen MR) is 58.6 cm³/mol. The van der Waals surface area contributed by atoms with Crippen LogP contribution in [-0.4, -0.2) is 33.4 Å². The molecule has 0 heterocycles. The zero-order chi connectivity index (χ0) is 13.9. The van der Waals surface area contributed by atoms with Crippen molar-refractivity contribution in [2.24, 2.45) is 5.73 Å². The number of hydrogen-bond donors (Lipinski definition) is 3. The number of nitrogens with two attached hydrogens (primary N) is 1. The van der Waals surface area contributed by atoms with Gasteiger partial charge in [-0.15, -0.1) is 0 Å². The highest BCUT2D eigenvalue weighted by molar-refractivity contribution is 5.82. The van der Waals surface area contributed by atoms with Gasteiger partial charge in [-0.1, -0.05) is 6.07 Å². The second-order valence-electron chi connectivity index (χ2n) is 3.49. The average molecular weight is 254 g/mol. The second kappa shape index (κ2) is 5.34. The van der Waals surface area contributed by atoms with Crippen LogP contribution in [0.5, 0.6) is 0 Å². The fraction of sp³-hybridized carbons (Fsp3) is 0.200. The Kier molecular flexibility index (Phi) is 4.08. The van der Waals surface area contributed by atoms with E-state index in [0.29, 0.717) is 6.29 Å². The zero-order valence-electron chi connectivity index (χ0n) is 9.02. The van der Waals surface area contributed by atoms with Crippen LogP contribution in [0.2, 0.25) is 0 Å². The van der Waals surface area contributed by atoms with Crippen molar-refractivity contribution in [2.45, 2.75) is 12.2 Å². The molecule has 1 aromatic rings. The first-order chi connectivity index (χ1) is 8.38. The van der Waals surface area contributed by atoms with Crippen LogP contribution in [0.15, 0.2) is 18.2 Å². The van der Waals surface area contributed by atoms with Gasteiger partial charge in [-0.3, -0.25) is 19.7 Å². The molecule has 0 aliphatic carbocycles. The first kappa shape index (κ1) is 13.7. The third kappa shape index (κ3) is 2.67. The van der Waals surface area contributed by atoms with Crippen LogP contribution in [0.3, 0.4) is 0 Å². The normalized spacial score (nSPS) is 13.7. The summed E-state index contributed by atoms with van der Waals surface area (Å²) in [7, 11) is 0. The molecule has 0 aliphatic rings. The van der Waals surface area contributed by atoms with Gasteiger partial charge >= 0.3 is 0 Å². The third-order valence-electron chi connectivity index (χ3n) is 2.31. The number of amides is 1. The Bertz CT molecular complexity index is 501. The van der Waals surface area contributed by atoms with Crippen LogP contribution in [0.25, 0.3) is 0 Å². The van der Waals surface area contributed by atoms with Gasteiger partial charge in [-0.2, -0.15) is 0 Å². The predicted octanol–water partition coefficient (Wildman–Crippen LogP) is -0.713. The number of aliphatic hydroxyl groups is 2. The third-order valence-corrected chi connectivity index (χ3v) is 2.31. The number of benzene rings is 1. The maximum atomic E-state index is 10.7. The maximum absolute atomic E-state index is 10.7. The molecule has 0 aromatic heterocycles. The minimum Gasteiger partial charge on any atom is -0.385 e. The summed E-state index contributed by atoms with van der Waals surface area (Å²) in [5, 5.41) is 29.5. The lowest BCUT2D eigenvalue weighted by molar-refractivity contribution is -0.385. The van der Waals surface area contributed by atoms with Crippen molar-refractivity contribution < 1.29 is 24.7 Å². The van der Waals surface area contributed by atoms with E-state index in [0.717, 1.165) is 12.1 Å². The molecular formula is C10H10N2O6. The van der Waals surface area contributed by atoms with Crippen LogP contribution in [-0.2, 0) is 4.79 Å². The summed E-state index contributed by atoms with van der Waals surface area (Å²) >= 11 is 0. The number of nitro groups is 1.